The van der Waals surface area contributed by atoms with Gasteiger partial charge in [0.15, 0.2) is 0 Å². The molecule has 280 valence electrons. The van der Waals surface area contributed by atoms with Crippen molar-refractivity contribution in [3.05, 3.63) is 81.8 Å². The molecule has 2 N–H and O–H groups in total. The van der Waals surface area contributed by atoms with E-state index < -0.39 is 11.7 Å². The molecule has 2 atom stereocenters. The summed E-state index contributed by atoms with van der Waals surface area (Å²) in [7, 11) is 1.68. The van der Waals surface area contributed by atoms with E-state index in [1.165, 1.54) is 15.8 Å². The minimum atomic E-state index is -0.947. The van der Waals surface area contributed by atoms with E-state index in [4.69, 9.17) is 4.74 Å². The van der Waals surface area contributed by atoms with Crippen molar-refractivity contribution in [1.82, 2.24) is 24.0 Å². The maximum Gasteiger partial charge on any atom is 0.410 e. The van der Waals surface area contributed by atoms with Crippen LogP contribution in [0.3, 0.4) is 0 Å². The first-order chi connectivity index (χ1) is 25.0. The third-order valence-electron chi connectivity index (χ3n) is 10.4. The number of piperazine rings is 1. The number of aliphatic hydroxyl groups excluding tert-OH is 1. The van der Waals surface area contributed by atoms with Gasteiger partial charge >= 0.3 is 6.09 Å². The van der Waals surface area contributed by atoms with Crippen LogP contribution in [0.4, 0.5) is 27.8 Å². The van der Waals surface area contributed by atoms with Gasteiger partial charge in [0.1, 0.15) is 28.6 Å². The molecule has 53 heavy (non-hydrogen) atoms. The number of pyridine rings is 3. The number of aryl methyl sites for hydroxylation is 1. The van der Waals surface area contributed by atoms with Crippen LogP contribution in [0.2, 0.25) is 0 Å². The van der Waals surface area contributed by atoms with Gasteiger partial charge in [0, 0.05) is 75.0 Å². The van der Waals surface area contributed by atoms with E-state index in [2.05, 4.69) is 45.5 Å². The van der Waals surface area contributed by atoms with Crippen LogP contribution >= 0.6 is 0 Å². The smallest absolute Gasteiger partial charge is 0.410 e. The van der Waals surface area contributed by atoms with Crippen molar-refractivity contribution < 1.29 is 19.4 Å². The average molecular weight is 723 g/mol. The van der Waals surface area contributed by atoms with Crippen LogP contribution in [0.15, 0.2) is 53.7 Å². The third-order valence-corrected chi connectivity index (χ3v) is 10.4. The second-order valence-electron chi connectivity index (χ2n) is 16.5. The number of carbonyl (C=O) groups excluding carboxylic acids is 2. The Morgan fingerprint density at radius 1 is 1.06 bits per heavy atom. The predicted octanol–water partition coefficient (Wildman–Crippen LogP) is 5.67. The highest BCUT2D eigenvalue weighted by atomic mass is 16.6. The summed E-state index contributed by atoms with van der Waals surface area (Å²) in [4.78, 5) is 54.9. The quantitative estimate of drug-likeness (QED) is 0.258. The van der Waals surface area contributed by atoms with Crippen molar-refractivity contribution >= 4 is 35.0 Å². The largest absolute Gasteiger partial charge is 0.444 e. The number of fused-ring (bicyclic) bond motifs is 3. The molecule has 7 rings (SSSR count). The van der Waals surface area contributed by atoms with Gasteiger partial charge in [-0.3, -0.25) is 14.5 Å². The fourth-order valence-electron chi connectivity index (χ4n) is 8.00. The fourth-order valence-corrected chi connectivity index (χ4v) is 8.00. The van der Waals surface area contributed by atoms with Gasteiger partial charge < -0.3 is 34.1 Å². The van der Waals surface area contributed by atoms with E-state index in [0.717, 1.165) is 18.5 Å². The molecule has 1 fully saturated rings. The first-order valence-electron chi connectivity index (χ1n) is 18.4. The number of anilines is 4. The molecule has 6 heterocycles. The Labute approximate surface area is 310 Å². The molecular formula is C40H50N8O5. The number of hydrogen-bond acceptors (Lipinski definition) is 9. The molecule has 13 heteroatoms. The number of aromatic nitrogens is 4. The maximum atomic E-state index is 14.0. The van der Waals surface area contributed by atoms with Gasteiger partial charge in [-0.2, -0.15) is 0 Å². The normalized spacial score (nSPS) is 18.8. The summed E-state index contributed by atoms with van der Waals surface area (Å²) in [6, 6.07) is 9.41. The van der Waals surface area contributed by atoms with Gasteiger partial charge in [0.25, 0.3) is 11.5 Å². The summed E-state index contributed by atoms with van der Waals surface area (Å²) in [5.74, 6) is 0.773. The highest BCUT2D eigenvalue weighted by Gasteiger charge is 2.38. The lowest BCUT2D eigenvalue weighted by Crippen LogP contribution is -2.54. The summed E-state index contributed by atoms with van der Waals surface area (Å²) in [6.45, 7) is 16.6. The van der Waals surface area contributed by atoms with Crippen molar-refractivity contribution in [2.45, 2.75) is 85.6 Å². The number of ether oxygens (including phenoxy) is 1. The van der Waals surface area contributed by atoms with Crippen molar-refractivity contribution in [2.75, 3.05) is 41.3 Å². The average Bonchev–Trinajstić information content (AvgIpc) is 3.58. The number of amides is 2. The van der Waals surface area contributed by atoms with Crippen LogP contribution < -0.4 is 20.7 Å². The van der Waals surface area contributed by atoms with Crippen LogP contribution in [0.1, 0.15) is 81.9 Å². The standard InChI is InChI=1S/C40H50N8O5/c1-24-22-45(38(52)53-39(3,4)5)13-14-46(24)28-9-10-33(42-21-28)43-30-17-27(23-44(8)36(30)50)29-11-12-41-35(34(29)25(2)49)48-16-15-47-31(37(48)51)18-26-19-40(6,7)20-32(26)47/h9-12,17-18,21,23-25,49H,13-16,19-20,22H2,1-8H3,(H,42,43)/t24-,25?/m0/s1. The topological polar surface area (TPSA) is 138 Å². The molecule has 1 unspecified atom stereocenters. The molecule has 1 saturated heterocycles. The summed E-state index contributed by atoms with van der Waals surface area (Å²) >= 11 is 0. The Morgan fingerprint density at radius 2 is 1.83 bits per heavy atom. The number of hydrogen-bond donors (Lipinski definition) is 2. The Bertz CT molecular complexity index is 2130. The maximum absolute atomic E-state index is 14.0. The van der Waals surface area contributed by atoms with Gasteiger partial charge in [0.2, 0.25) is 0 Å². The van der Waals surface area contributed by atoms with Crippen LogP contribution in [0.25, 0.3) is 11.1 Å². The number of nitrogens with zero attached hydrogens (tertiary/aromatic N) is 7. The van der Waals surface area contributed by atoms with Gasteiger partial charge in [0.05, 0.1) is 18.0 Å². The Balaban J connectivity index is 1.12. The minimum Gasteiger partial charge on any atom is -0.444 e. The van der Waals surface area contributed by atoms with Crippen LogP contribution in [-0.4, -0.2) is 78.9 Å². The lowest BCUT2D eigenvalue weighted by molar-refractivity contribution is 0.0218. The molecule has 3 aliphatic rings. The molecule has 2 aliphatic heterocycles. The first-order valence-corrected chi connectivity index (χ1v) is 18.4. The molecule has 4 aromatic rings. The van der Waals surface area contributed by atoms with Gasteiger partial charge in [-0.15, -0.1) is 0 Å². The summed E-state index contributed by atoms with van der Waals surface area (Å²) < 4.78 is 9.22. The van der Waals surface area contributed by atoms with Crippen LogP contribution in [-0.2, 0) is 31.2 Å². The number of rotatable bonds is 6. The minimum absolute atomic E-state index is 0.0492. The monoisotopic (exact) mass is 722 g/mol. The lowest BCUT2D eigenvalue weighted by Gasteiger charge is -2.41. The number of nitrogens with one attached hydrogen (secondary N) is 1. The highest BCUT2D eigenvalue weighted by molar-refractivity contribution is 6.06. The van der Waals surface area contributed by atoms with E-state index >= 15 is 0 Å². The lowest BCUT2D eigenvalue weighted by atomic mass is 9.90. The van der Waals surface area contributed by atoms with Crippen molar-refractivity contribution in [3.8, 4) is 11.1 Å². The van der Waals surface area contributed by atoms with Gasteiger partial charge in [-0.25, -0.2) is 14.8 Å². The molecule has 0 aromatic carbocycles. The SMILES string of the molecule is CC(O)c1c(-c2cc(Nc3ccc(N4CCN(C(=O)OC(C)(C)C)C[C@@H]4C)cn3)c(=O)n(C)c2)ccnc1N1CCn2c(cc3c2CC(C)(C)C3)C1=O. The molecule has 13 nitrogen and oxygen atoms in total. The highest BCUT2D eigenvalue weighted by Crippen LogP contribution is 2.41. The molecule has 1 aliphatic carbocycles. The van der Waals surface area contributed by atoms with Crippen LogP contribution in [0.5, 0.6) is 0 Å². The molecule has 2 amide bonds. The zero-order valence-corrected chi connectivity index (χ0v) is 31.9. The summed E-state index contributed by atoms with van der Waals surface area (Å²) in [5.41, 5.74) is 5.61. The Hall–Kier alpha value is -5.17. The first kappa shape index (κ1) is 36.2. The second kappa shape index (κ2) is 13.4. The van der Waals surface area contributed by atoms with Crippen molar-refractivity contribution in [1.29, 1.82) is 0 Å². The molecule has 0 spiro atoms. The van der Waals surface area contributed by atoms with E-state index in [1.54, 1.807) is 54.5 Å². The van der Waals surface area contributed by atoms with Gasteiger partial charge in [-0.1, -0.05) is 13.8 Å². The second-order valence-corrected chi connectivity index (χ2v) is 16.5. The molecular weight excluding hydrogens is 672 g/mol. The Kier molecular flexibility index (Phi) is 9.12. The molecule has 4 aromatic heterocycles. The predicted molar refractivity (Wildman–Crippen MR) is 205 cm³/mol. The summed E-state index contributed by atoms with van der Waals surface area (Å²) in [6.07, 6.45) is 5.76. The van der Waals surface area contributed by atoms with Gasteiger partial charge in [-0.05, 0) is 94.3 Å². The third kappa shape index (κ3) is 7.01. The van der Waals surface area contributed by atoms with E-state index in [1.807, 2.05) is 39.0 Å². The van der Waals surface area contributed by atoms with E-state index in [-0.39, 0.29) is 29.0 Å². The number of aliphatic hydroxyl groups is 1. The van der Waals surface area contributed by atoms with Crippen molar-refractivity contribution in [3.63, 3.8) is 0 Å². The zero-order chi connectivity index (χ0) is 38.0. The van der Waals surface area contributed by atoms with Crippen molar-refractivity contribution in [2.24, 2.45) is 12.5 Å². The zero-order valence-electron chi connectivity index (χ0n) is 31.9. The fraction of sp³-hybridized carbons (Fsp3) is 0.475. The molecule has 0 bridgehead atoms. The van der Waals surface area contributed by atoms with Crippen LogP contribution in [0, 0.1) is 5.41 Å². The summed E-state index contributed by atoms with van der Waals surface area (Å²) in [5, 5.41) is 14.4. The van der Waals surface area contributed by atoms with E-state index in [0.29, 0.717) is 72.4 Å². The molecule has 0 saturated carbocycles. The molecule has 0 radical (unpaired) electrons. The van der Waals surface area contributed by atoms with E-state index in [9.17, 15) is 19.5 Å². The Morgan fingerprint density at radius 3 is 2.51 bits per heavy atom. The number of carbonyl (C=O) groups is 2.